The topological polar surface area (TPSA) is 117 Å². The summed E-state index contributed by atoms with van der Waals surface area (Å²) in [6.45, 7) is 0.0414. The van der Waals surface area contributed by atoms with Gasteiger partial charge in [0.25, 0.3) is 11.2 Å². The molecule has 0 aliphatic carbocycles. The summed E-state index contributed by atoms with van der Waals surface area (Å²) < 4.78 is 7.42. The molecule has 27 heavy (non-hydrogen) atoms. The minimum absolute atomic E-state index is 0.0414. The number of rotatable bonds is 4. The molecule has 4 aromatic rings. The van der Waals surface area contributed by atoms with Gasteiger partial charge in [0.1, 0.15) is 6.54 Å². The van der Waals surface area contributed by atoms with E-state index < -0.39 is 4.92 Å². The molecule has 0 bridgehead atoms. The molecule has 0 N–H and O–H groups in total. The van der Waals surface area contributed by atoms with Crippen molar-refractivity contribution in [2.24, 2.45) is 0 Å². The van der Waals surface area contributed by atoms with Crippen molar-refractivity contribution in [2.75, 3.05) is 0 Å². The van der Waals surface area contributed by atoms with Crippen LogP contribution in [0.1, 0.15) is 5.89 Å². The van der Waals surface area contributed by atoms with Crippen LogP contribution < -0.4 is 5.56 Å². The van der Waals surface area contributed by atoms with Crippen LogP contribution in [-0.2, 0) is 6.54 Å². The van der Waals surface area contributed by atoms with E-state index in [9.17, 15) is 14.9 Å². The fourth-order valence-corrected chi connectivity index (χ4v) is 2.98. The lowest BCUT2D eigenvalue weighted by atomic mass is 10.2. The number of nitro benzene ring substituents is 1. The zero-order chi connectivity index (χ0) is 19.0. The highest BCUT2D eigenvalue weighted by Crippen LogP contribution is 2.21. The van der Waals surface area contributed by atoms with Gasteiger partial charge in [-0.05, 0) is 18.2 Å². The van der Waals surface area contributed by atoms with Crippen molar-refractivity contribution in [3.8, 4) is 11.4 Å². The van der Waals surface area contributed by atoms with Crippen LogP contribution in [0.25, 0.3) is 22.3 Å². The molecule has 0 unspecified atom stereocenters. The maximum absolute atomic E-state index is 12.6. The van der Waals surface area contributed by atoms with E-state index in [1.54, 1.807) is 0 Å². The Hall–Kier alpha value is -3.40. The van der Waals surface area contributed by atoms with Crippen molar-refractivity contribution in [1.82, 2.24) is 19.7 Å². The van der Waals surface area contributed by atoms with Gasteiger partial charge in [-0.3, -0.25) is 19.5 Å². The van der Waals surface area contributed by atoms with Gasteiger partial charge in [0.2, 0.25) is 11.7 Å². The van der Waals surface area contributed by atoms with E-state index in [0.717, 1.165) is 10.0 Å². The number of fused-ring (bicyclic) bond motifs is 1. The van der Waals surface area contributed by atoms with Gasteiger partial charge in [-0.1, -0.05) is 33.2 Å². The van der Waals surface area contributed by atoms with Gasteiger partial charge in [0.15, 0.2) is 0 Å². The number of hydrogen-bond donors (Lipinski definition) is 0. The van der Waals surface area contributed by atoms with Gasteiger partial charge >= 0.3 is 0 Å². The summed E-state index contributed by atoms with van der Waals surface area (Å²) >= 11 is 3.38. The molecule has 0 saturated carbocycles. The van der Waals surface area contributed by atoms with Crippen LogP contribution in [0.2, 0.25) is 0 Å². The van der Waals surface area contributed by atoms with Crippen LogP contribution in [0.15, 0.2) is 62.6 Å². The molecule has 0 radical (unpaired) electrons. The maximum Gasteiger partial charge on any atom is 0.271 e. The van der Waals surface area contributed by atoms with E-state index in [1.165, 1.54) is 29.1 Å². The second kappa shape index (κ2) is 6.72. The lowest BCUT2D eigenvalue weighted by Gasteiger charge is -2.03. The van der Waals surface area contributed by atoms with Crippen LogP contribution in [-0.4, -0.2) is 24.6 Å². The van der Waals surface area contributed by atoms with Gasteiger partial charge < -0.3 is 4.52 Å². The quantitative estimate of drug-likeness (QED) is 0.362. The van der Waals surface area contributed by atoms with E-state index in [0.29, 0.717) is 5.82 Å². The third-order valence-electron chi connectivity index (χ3n) is 3.88. The summed E-state index contributed by atoms with van der Waals surface area (Å²) in [5, 5.41) is 15.0. The molecule has 9 nitrogen and oxygen atoms in total. The van der Waals surface area contributed by atoms with Crippen molar-refractivity contribution in [1.29, 1.82) is 0 Å². The van der Waals surface area contributed by atoms with Crippen LogP contribution in [0.3, 0.4) is 0 Å². The molecule has 2 heterocycles. The van der Waals surface area contributed by atoms with Crippen molar-refractivity contribution < 1.29 is 9.45 Å². The minimum atomic E-state index is -0.533. The summed E-state index contributed by atoms with van der Waals surface area (Å²) in [6.07, 6.45) is 1.30. The highest BCUT2D eigenvalue weighted by Gasteiger charge is 2.13. The smallest absolute Gasteiger partial charge is 0.271 e. The zero-order valence-corrected chi connectivity index (χ0v) is 15.2. The first kappa shape index (κ1) is 17.0. The van der Waals surface area contributed by atoms with Gasteiger partial charge in [0.05, 0.1) is 22.2 Å². The van der Waals surface area contributed by atoms with Gasteiger partial charge in [-0.25, -0.2) is 4.98 Å². The molecule has 10 heteroatoms. The first-order valence-corrected chi connectivity index (χ1v) is 8.53. The predicted octanol–water partition coefficient (Wildman–Crippen LogP) is 3.17. The number of hydrogen-bond acceptors (Lipinski definition) is 7. The van der Waals surface area contributed by atoms with E-state index in [4.69, 9.17) is 4.52 Å². The number of aromatic nitrogens is 4. The van der Waals surface area contributed by atoms with Crippen LogP contribution in [0.4, 0.5) is 5.69 Å². The maximum atomic E-state index is 12.6. The molecule has 2 aromatic heterocycles. The standard InChI is InChI=1S/C17H10BrN5O4/c18-11-3-1-2-10(6-11)16-20-15(27-21-16)8-22-9-19-14-7-12(23(25)26)4-5-13(14)17(22)24/h1-7,9H,8H2. The summed E-state index contributed by atoms with van der Waals surface area (Å²) in [7, 11) is 0. The fourth-order valence-electron chi connectivity index (χ4n) is 2.58. The van der Waals surface area contributed by atoms with E-state index in [1.807, 2.05) is 24.3 Å². The largest absolute Gasteiger partial charge is 0.337 e. The first-order valence-electron chi connectivity index (χ1n) is 7.73. The molecule has 0 atom stereocenters. The molecule has 0 saturated heterocycles. The molecule has 0 aliphatic rings. The molecular formula is C17H10BrN5O4. The molecular weight excluding hydrogens is 418 g/mol. The van der Waals surface area contributed by atoms with Crippen LogP contribution >= 0.6 is 15.9 Å². The Morgan fingerprint density at radius 1 is 1.22 bits per heavy atom. The van der Waals surface area contributed by atoms with Crippen LogP contribution in [0.5, 0.6) is 0 Å². The number of nitrogens with zero attached hydrogens (tertiary/aromatic N) is 5. The predicted molar refractivity (Wildman–Crippen MR) is 99.2 cm³/mol. The fraction of sp³-hybridized carbons (Fsp3) is 0.0588. The second-order valence-corrected chi connectivity index (χ2v) is 6.57. The Labute approximate surface area is 159 Å². The molecule has 0 amide bonds. The lowest BCUT2D eigenvalue weighted by Crippen LogP contribution is -2.21. The van der Waals surface area contributed by atoms with E-state index in [-0.39, 0.29) is 34.6 Å². The Morgan fingerprint density at radius 2 is 2.07 bits per heavy atom. The second-order valence-electron chi connectivity index (χ2n) is 5.66. The van der Waals surface area contributed by atoms with E-state index in [2.05, 4.69) is 31.1 Å². The molecule has 0 spiro atoms. The van der Waals surface area contributed by atoms with E-state index >= 15 is 0 Å². The normalized spacial score (nSPS) is 11.0. The molecule has 0 fully saturated rings. The Bertz CT molecular complexity index is 1230. The first-order chi connectivity index (χ1) is 13.0. The highest BCUT2D eigenvalue weighted by atomic mass is 79.9. The zero-order valence-electron chi connectivity index (χ0n) is 13.6. The average Bonchev–Trinajstić information content (AvgIpc) is 3.12. The van der Waals surface area contributed by atoms with Crippen molar-refractivity contribution in [3.63, 3.8) is 0 Å². The van der Waals surface area contributed by atoms with Crippen molar-refractivity contribution in [3.05, 3.63) is 79.6 Å². The Kier molecular flexibility index (Phi) is 4.24. The third kappa shape index (κ3) is 3.34. The Morgan fingerprint density at radius 3 is 2.85 bits per heavy atom. The highest BCUT2D eigenvalue weighted by molar-refractivity contribution is 9.10. The van der Waals surface area contributed by atoms with Gasteiger partial charge in [0, 0.05) is 22.2 Å². The third-order valence-corrected chi connectivity index (χ3v) is 4.37. The summed E-state index contributed by atoms with van der Waals surface area (Å²) in [6, 6.07) is 11.4. The summed E-state index contributed by atoms with van der Waals surface area (Å²) in [5.74, 6) is 0.652. The molecule has 134 valence electrons. The minimum Gasteiger partial charge on any atom is -0.337 e. The molecule has 4 rings (SSSR count). The van der Waals surface area contributed by atoms with Crippen molar-refractivity contribution in [2.45, 2.75) is 6.54 Å². The molecule has 0 aliphatic heterocycles. The average molecular weight is 428 g/mol. The van der Waals surface area contributed by atoms with Crippen molar-refractivity contribution >= 4 is 32.5 Å². The monoisotopic (exact) mass is 427 g/mol. The number of halogens is 1. The number of nitro groups is 1. The Balaban J connectivity index is 1.66. The SMILES string of the molecule is O=c1c2ccc([N+](=O)[O-])cc2ncn1Cc1nc(-c2cccc(Br)c2)no1. The van der Waals surface area contributed by atoms with Crippen LogP contribution in [0, 0.1) is 10.1 Å². The number of benzene rings is 2. The summed E-state index contributed by atoms with van der Waals surface area (Å²) in [5.41, 5.74) is 0.557. The number of non-ortho nitro benzene ring substituents is 1. The van der Waals surface area contributed by atoms with Gasteiger partial charge in [-0.15, -0.1) is 0 Å². The molecule has 2 aromatic carbocycles. The van der Waals surface area contributed by atoms with Gasteiger partial charge in [-0.2, -0.15) is 4.98 Å². The lowest BCUT2D eigenvalue weighted by molar-refractivity contribution is -0.384. The summed E-state index contributed by atoms with van der Waals surface area (Å²) in [4.78, 5) is 31.3.